The van der Waals surface area contributed by atoms with Gasteiger partial charge in [-0.3, -0.25) is 9.78 Å². The molecule has 19 heavy (non-hydrogen) atoms. The van der Waals surface area contributed by atoms with Crippen LogP contribution in [0.1, 0.15) is 33.3 Å². The van der Waals surface area contributed by atoms with E-state index in [1.54, 1.807) is 18.5 Å². The van der Waals surface area contributed by atoms with Crippen molar-refractivity contribution in [2.75, 3.05) is 0 Å². The predicted molar refractivity (Wildman–Crippen MR) is 75.1 cm³/mol. The van der Waals surface area contributed by atoms with Gasteiger partial charge in [0.25, 0.3) is 0 Å². The van der Waals surface area contributed by atoms with Crippen molar-refractivity contribution < 1.29 is 14.1 Å². The van der Waals surface area contributed by atoms with E-state index >= 15 is 0 Å². The first-order valence-electron chi connectivity index (χ1n) is 6.28. The highest BCUT2D eigenvalue weighted by Gasteiger charge is 2.51. The van der Waals surface area contributed by atoms with Crippen molar-refractivity contribution in [3.05, 3.63) is 30.1 Å². The molecule has 1 aliphatic heterocycles. The van der Waals surface area contributed by atoms with Crippen LogP contribution in [0, 0.1) is 0 Å². The van der Waals surface area contributed by atoms with Gasteiger partial charge in [0.2, 0.25) is 0 Å². The van der Waals surface area contributed by atoms with E-state index in [-0.39, 0.29) is 11.2 Å². The number of nitrogens with zero attached hydrogens (tertiary/aromatic N) is 1. The molecule has 5 heteroatoms. The molecule has 1 aromatic rings. The Morgan fingerprint density at radius 1 is 1.16 bits per heavy atom. The SMILES string of the molecule is CC1(C)OB(c2cncc(C=CC=O)c2)OC1(C)C. The second-order valence-electron chi connectivity index (χ2n) is 5.64. The third-order valence-electron chi connectivity index (χ3n) is 3.67. The fourth-order valence-electron chi connectivity index (χ4n) is 1.83. The Balaban J connectivity index is 2.25. The van der Waals surface area contributed by atoms with E-state index in [1.807, 2.05) is 33.8 Å². The lowest BCUT2D eigenvalue weighted by atomic mass is 9.80. The Bertz CT molecular complexity index is 495. The molecule has 1 aliphatic rings. The van der Waals surface area contributed by atoms with Gasteiger partial charge in [0.15, 0.2) is 0 Å². The van der Waals surface area contributed by atoms with Crippen molar-refractivity contribution in [3.63, 3.8) is 0 Å². The molecule has 0 unspecified atom stereocenters. The summed E-state index contributed by atoms with van der Waals surface area (Å²) in [6.07, 6.45) is 7.29. The summed E-state index contributed by atoms with van der Waals surface area (Å²) in [5.41, 5.74) is 0.963. The average Bonchev–Trinajstić information content (AvgIpc) is 2.56. The molecule has 100 valence electrons. The number of allylic oxidation sites excluding steroid dienone is 1. The van der Waals surface area contributed by atoms with Crippen LogP contribution in [0.5, 0.6) is 0 Å². The van der Waals surface area contributed by atoms with Crippen LogP contribution in [0.15, 0.2) is 24.5 Å². The maximum absolute atomic E-state index is 10.3. The Morgan fingerprint density at radius 2 is 1.79 bits per heavy atom. The highest BCUT2D eigenvalue weighted by Crippen LogP contribution is 2.36. The minimum Gasteiger partial charge on any atom is -0.399 e. The van der Waals surface area contributed by atoms with E-state index in [0.717, 1.165) is 17.3 Å². The first kappa shape index (κ1) is 14.0. The first-order valence-corrected chi connectivity index (χ1v) is 6.28. The smallest absolute Gasteiger partial charge is 0.399 e. The van der Waals surface area contributed by atoms with E-state index in [9.17, 15) is 4.79 Å². The van der Waals surface area contributed by atoms with Gasteiger partial charge in [-0.2, -0.15) is 0 Å². The molecule has 0 atom stereocenters. The van der Waals surface area contributed by atoms with Crippen LogP contribution in [0.4, 0.5) is 0 Å². The van der Waals surface area contributed by atoms with E-state index in [4.69, 9.17) is 9.31 Å². The summed E-state index contributed by atoms with van der Waals surface area (Å²) >= 11 is 0. The van der Waals surface area contributed by atoms with Crippen LogP contribution in [-0.4, -0.2) is 29.6 Å². The van der Waals surface area contributed by atoms with Crippen LogP contribution in [0.2, 0.25) is 0 Å². The molecule has 0 saturated carbocycles. The number of hydrogen-bond donors (Lipinski definition) is 0. The number of carbonyl (C=O) groups is 1. The molecule has 0 bridgehead atoms. The zero-order valence-corrected chi connectivity index (χ0v) is 11.7. The number of pyridine rings is 1. The lowest BCUT2D eigenvalue weighted by Crippen LogP contribution is -2.41. The third-order valence-corrected chi connectivity index (χ3v) is 3.67. The molecule has 1 saturated heterocycles. The monoisotopic (exact) mass is 259 g/mol. The highest BCUT2D eigenvalue weighted by molar-refractivity contribution is 6.62. The number of aromatic nitrogens is 1. The van der Waals surface area contributed by atoms with Crippen molar-refractivity contribution in [1.29, 1.82) is 0 Å². The minimum absolute atomic E-state index is 0.369. The maximum atomic E-state index is 10.3. The zero-order valence-electron chi connectivity index (χ0n) is 11.7. The van der Waals surface area contributed by atoms with Crippen molar-refractivity contribution in [2.45, 2.75) is 38.9 Å². The Kier molecular flexibility index (Phi) is 3.61. The van der Waals surface area contributed by atoms with Crippen molar-refractivity contribution >= 4 is 24.9 Å². The Morgan fingerprint density at radius 3 is 2.37 bits per heavy atom. The van der Waals surface area contributed by atoms with Crippen molar-refractivity contribution in [2.24, 2.45) is 0 Å². The second kappa shape index (κ2) is 4.91. The fraction of sp³-hybridized carbons (Fsp3) is 0.429. The average molecular weight is 259 g/mol. The van der Waals surface area contributed by atoms with E-state index in [1.165, 1.54) is 6.08 Å². The zero-order chi connectivity index (χ0) is 14.1. The lowest BCUT2D eigenvalue weighted by Gasteiger charge is -2.32. The minimum atomic E-state index is -0.429. The summed E-state index contributed by atoms with van der Waals surface area (Å²) < 4.78 is 11.9. The molecule has 1 aromatic heterocycles. The predicted octanol–water partition coefficient (Wildman–Crippen LogP) is 1.59. The summed E-state index contributed by atoms with van der Waals surface area (Å²) in [5, 5.41) is 0. The number of hydrogen-bond acceptors (Lipinski definition) is 4. The van der Waals surface area contributed by atoms with Gasteiger partial charge in [0.05, 0.1) is 11.2 Å². The number of aldehydes is 1. The summed E-state index contributed by atoms with van der Waals surface area (Å²) in [5.74, 6) is 0. The third kappa shape index (κ3) is 2.77. The molecule has 2 heterocycles. The second-order valence-corrected chi connectivity index (χ2v) is 5.64. The Hall–Kier alpha value is -1.46. The molecule has 0 amide bonds. The van der Waals surface area contributed by atoms with Crippen LogP contribution < -0.4 is 5.46 Å². The van der Waals surface area contributed by atoms with Gasteiger partial charge in [0.1, 0.15) is 6.29 Å². The van der Waals surface area contributed by atoms with Gasteiger partial charge in [-0.05, 0) is 39.3 Å². The maximum Gasteiger partial charge on any atom is 0.496 e. The van der Waals surface area contributed by atoms with Crippen molar-refractivity contribution in [3.8, 4) is 0 Å². The van der Waals surface area contributed by atoms with Gasteiger partial charge in [-0.25, -0.2) is 0 Å². The molecule has 0 radical (unpaired) electrons. The molecular formula is C14H18BNO3. The molecule has 2 rings (SSSR count). The van der Waals surface area contributed by atoms with E-state index in [0.29, 0.717) is 0 Å². The van der Waals surface area contributed by atoms with Gasteiger partial charge >= 0.3 is 7.12 Å². The van der Waals surface area contributed by atoms with Gasteiger partial charge in [0, 0.05) is 17.9 Å². The quantitative estimate of drug-likeness (QED) is 0.470. The normalized spacial score (nSPS) is 20.9. The Labute approximate surface area is 114 Å². The lowest BCUT2D eigenvalue weighted by molar-refractivity contribution is -0.104. The first-order chi connectivity index (χ1) is 8.86. The van der Waals surface area contributed by atoms with Gasteiger partial charge < -0.3 is 9.31 Å². The molecule has 1 fully saturated rings. The molecule has 0 aromatic carbocycles. The van der Waals surface area contributed by atoms with E-state index < -0.39 is 7.12 Å². The molecule has 0 aliphatic carbocycles. The summed E-state index contributed by atoms with van der Waals surface area (Å²) in [6.45, 7) is 8.04. The summed E-state index contributed by atoms with van der Waals surface area (Å²) in [6, 6.07) is 1.91. The molecule has 4 nitrogen and oxygen atoms in total. The molecule has 0 N–H and O–H groups in total. The van der Waals surface area contributed by atoms with Crippen LogP contribution in [0.25, 0.3) is 6.08 Å². The highest BCUT2D eigenvalue weighted by atomic mass is 16.7. The molecular weight excluding hydrogens is 241 g/mol. The van der Waals surface area contributed by atoms with Crippen LogP contribution in [0.3, 0.4) is 0 Å². The number of carbonyl (C=O) groups excluding carboxylic acids is 1. The largest absolute Gasteiger partial charge is 0.496 e. The topological polar surface area (TPSA) is 48.4 Å². The summed E-state index contributed by atoms with van der Waals surface area (Å²) in [7, 11) is -0.429. The van der Waals surface area contributed by atoms with Crippen LogP contribution in [-0.2, 0) is 14.1 Å². The summed E-state index contributed by atoms with van der Waals surface area (Å²) in [4.78, 5) is 14.5. The molecule has 0 spiro atoms. The standard InChI is InChI=1S/C14H18BNO3/c1-13(2)14(3,4)19-15(18-13)12-8-11(6-5-7-17)9-16-10-12/h5-10H,1-4H3. The van der Waals surface area contributed by atoms with Crippen LogP contribution >= 0.6 is 0 Å². The number of rotatable bonds is 3. The van der Waals surface area contributed by atoms with E-state index in [2.05, 4.69) is 4.98 Å². The fourth-order valence-corrected chi connectivity index (χ4v) is 1.83. The van der Waals surface area contributed by atoms with Crippen molar-refractivity contribution in [1.82, 2.24) is 4.98 Å². The van der Waals surface area contributed by atoms with Gasteiger partial charge in [-0.1, -0.05) is 12.1 Å². The van der Waals surface area contributed by atoms with Gasteiger partial charge in [-0.15, -0.1) is 0 Å².